The van der Waals surface area contributed by atoms with Gasteiger partial charge in [0.2, 0.25) is 11.7 Å². The van der Waals surface area contributed by atoms with Crippen molar-refractivity contribution in [2.24, 2.45) is 0 Å². The lowest BCUT2D eigenvalue weighted by atomic mass is 10.0. The van der Waals surface area contributed by atoms with Crippen LogP contribution in [-0.4, -0.2) is 62.9 Å². The number of para-hydroxylation sites is 1. The largest absolute Gasteiger partial charge is 0.358 e. The zero-order valence-electron chi connectivity index (χ0n) is 17.7. The molecule has 4 heterocycles. The summed E-state index contributed by atoms with van der Waals surface area (Å²) in [6.45, 7) is 8.02. The molecule has 0 saturated carbocycles. The fourth-order valence-electron chi connectivity index (χ4n) is 4.29. The number of rotatable bonds is 6. The number of fused-ring (bicyclic) bond motifs is 1. The fraction of sp³-hybridized carbons (Fsp3) is 0.348. The number of aromatic nitrogens is 3. The number of nitrogens with zero attached hydrogens (tertiary/aromatic N) is 4. The van der Waals surface area contributed by atoms with E-state index in [9.17, 15) is 4.79 Å². The molecule has 1 aliphatic heterocycles. The number of benzene rings is 1. The summed E-state index contributed by atoms with van der Waals surface area (Å²) in [7, 11) is 0. The molecule has 0 aliphatic carbocycles. The summed E-state index contributed by atoms with van der Waals surface area (Å²) < 4.78 is 5.44. The number of aromatic amines is 1. The van der Waals surface area contributed by atoms with Crippen molar-refractivity contribution < 1.29 is 9.32 Å². The minimum atomic E-state index is -0.158. The van der Waals surface area contributed by atoms with Gasteiger partial charge in [0.1, 0.15) is 0 Å². The number of ketones is 1. The second kappa shape index (κ2) is 8.37. The number of piperazine rings is 1. The third-order valence-corrected chi connectivity index (χ3v) is 6.91. The maximum Gasteiger partial charge on any atom is 0.241 e. The lowest BCUT2D eigenvalue weighted by Crippen LogP contribution is -2.51. The number of carbonyl (C=O) groups excluding carboxylic acids is 1. The number of carbonyl (C=O) groups is 1. The maximum absolute atomic E-state index is 13.3. The van der Waals surface area contributed by atoms with E-state index in [2.05, 4.69) is 24.9 Å². The van der Waals surface area contributed by atoms with Gasteiger partial charge in [0.15, 0.2) is 5.78 Å². The van der Waals surface area contributed by atoms with Gasteiger partial charge >= 0.3 is 0 Å². The summed E-state index contributed by atoms with van der Waals surface area (Å²) in [5.74, 6) is 1.47. The Morgan fingerprint density at radius 2 is 2.00 bits per heavy atom. The minimum Gasteiger partial charge on any atom is -0.358 e. The Hall–Kier alpha value is -2.81. The highest BCUT2D eigenvalue weighted by Gasteiger charge is 2.29. The number of hydrogen-bond acceptors (Lipinski definition) is 7. The smallest absolute Gasteiger partial charge is 0.241 e. The third-order valence-electron chi connectivity index (χ3n) is 6.04. The highest BCUT2D eigenvalue weighted by atomic mass is 32.1. The predicted octanol–water partition coefficient (Wildman–Crippen LogP) is 3.98. The van der Waals surface area contributed by atoms with Crippen LogP contribution in [0.25, 0.3) is 21.6 Å². The van der Waals surface area contributed by atoms with E-state index >= 15 is 0 Å². The summed E-state index contributed by atoms with van der Waals surface area (Å²) in [5, 5.41) is 7.10. The van der Waals surface area contributed by atoms with Gasteiger partial charge in [-0.15, -0.1) is 11.3 Å². The van der Waals surface area contributed by atoms with Gasteiger partial charge in [-0.2, -0.15) is 4.98 Å². The van der Waals surface area contributed by atoms with Gasteiger partial charge in [0, 0.05) is 48.3 Å². The zero-order chi connectivity index (χ0) is 21.4. The SMILES string of the molecule is Cc1[nH]c2ccccc2c1C(=O)C(C)N1CCN(Cc2nc(-c3cccs3)no2)CC1. The Bertz CT molecular complexity index is 1190. The van der Waals surface area contributed by atoms with Crippen LogP contribution in [-0.2, 0) is 6.54 Å². The number of Topliss-reactive ketones (excluding diaryl/α,β-unsaturated/α-hetero) is 1. The topological polar surface area (TPSA) is 78.3 Å². The van der Waals surface area contributed by atoms with Crippen molar-refractivity contribution in [1.82, 2.24) is 24.9 Å². The van der Waals surface area contributed by atoms with Crippen LogP contribution >= 0.6 is 11.3 Å². The number of H-pyrrole nitrogens is 1. The van der Waals surface area contributed by atoms with Gasteiger partial charge in [-0.25, -0.2) is 0 Å². The molecule has 0 bridgehead atoms. The molecule has 1 unspecified atom stereocenters. The van der Waals surface area contributed by atoms with Crippen molar-refractivity contribution in [1.29, 1.82) is 0 Å². The minimum absolute atomic E-state index is 0.158. The molecule has 0 spiro atoms. The molecule has 1 N–H and O–H groups in total. The fourth-order valence-corrected chi connectivity index (χ4v) is 4.94. The Kier molecular flexibility index (Phi) is 5.43. The quantitative estimate of drug-likeness (QED) is 0.462. The van der Waals surface area contributed by atoms with Crippen LogP contribution in [0.4, 0.5) is 0 Å². The Morgan fingerprint density at radius 3 is 2.77 bits per heavy atom. The van der Waals surface area contributed by atoms with Crippen LogP contribution < -0.4 is 0 Å². The second-order valence-electron chi connectivity index (χ2n) is 8.01. The molecule has 8 heteroatoms. The lowest BCUT2D eigenvalue weighted by molar-refractivity contribution is 0.0666. The molecule has 0 amide bonds. The van der Waals surface area contributed by atoms with Gasteiger partial charge in [-0.3, -0.25) is 14.6 Å². The molecule has 1 fully saturated rings. The molecule has 5 rings (SSSR count). The van der Waals surface area contributed by atoms with Gasteiger partial charge < -0.3 is 9.51 Å². The maximum atomic E-state index is 13.3. The van der Waals surface area contributed by atoms with E-state index in [1.165, 1.54) is 0 Å². The van der Waals surface area contributed by atoms with Gasteiger partial charge in [-0.05, 0) is 31.4 Å². The highest BCUT2D eigenvalue weighted by molar-refractivity contribution is 7.13. The van der Waals surface area contributed by atoms with Crippen LogP contribution in [0.3, 0.4) is 0 Å². The average molecular weight is 436 g/mol. The van der Waals surface area contributed by atoms with Crippen LogP contribution in [0, 0.1) is 6.92 Å². The van der Waals surface area contributed by atoms with Crippen molar-refractivity contribution in [3.8, 4) is 10.7 Å². The van der Waals surface area contributed by atoms with E-state index in [1.807, 2.05) is 55.6 Å². The van der Waals surface area contributed by atoms with E-state index in [4.69, 9.17) is 4.52 Å². The third kappa shape index (κ3) is 3.94. The number of aryl methyl sites for hydroxylation is 1. The number of nitrogens with one attached hydrogen (secondary N) is 1. The molecule has 1 atom stereocenters. The molecule has 1 saturated heterocycles. The van der Waals surface area contributed by atoms with E-state index < -0.39 is 0 Å². The molecule has 1 aromatic carbocycles. The normalized spacial score (nSPS) is 16.7. The summed E-state index contributed by atoms with van der Waals surface area (Å²) in [6.07, 6.45) is 0. The lowest BCUT2D eigenvalue weighted by Gasteiger charge is -2.36. The summed E-state index contributed by atoms with van der Waals surface area (Å²) >= 11 is 1.60. The first-order valence-corrected chi connectivity index (χ1v) is 11.4. The van der Waals surface area contributed by atoms with Crippen molar-refractivity contribution in [2.75, 3.05) is 26.2 Å². The molecule has 1 aliphatic rings. The molecule has 31 heavy (non-hydrogen) atoms. The summed E-state index contributed by atoms with van der Waals surface area (Å²) in [6, 6.07) is 11.8. The number of hydrogen-bond donors (Lipinski definition) is 1. The van der Waals surface area contributed by atoms with E-state index in [-0.39, 0.29) is 11.8 Å². The van der Waals surface area contributed by atoms with E-state index in [0.717, 1.165) is 53.2 Å². The molecule has 0 radical (unpaired) electrons. The summed E-state index contributed by atoms with van der Waals surface area (Å²) in [5.41, 5.74) is 2.77. The zero-order valence-corrected chi connectivity index (χ0v) is 18.5. The molecule has 4 aromatic rings. The molecule has 160 valence electrons. The molecular weight excluding hydrogens is 410 g/mol. The summed E-state index contributed by atoms with van der Waals surface area (Å²) in [4.78, 5) is 26.8. The second-order valence-corrected chi connectivity index (χ2v) is 8.96. The standard InChI is InChI=1S/C23H25N5O2S/c1-15-21(17-6-3-4-7-18(17)24-15)22(29)16(2)28-11-9-27(10-12-28)14-20-25-23(26-30-20)19-8-5-13-31-19/h3-8,13,16,24H,9-12,14H2,1-2H3. The van der Waals surface area contributed by atoms with Crippen LogP contribution in [0.5, 0.6) is 0 Å². The highest BCUT2D eigenvalue weighted by Crippen LogP contribution is 2.25. The Morgan fingerprint density at radius 1 is 1.19 bits per heavy atom. The number of thiophene rings is 1. The molecule has 7 nitrogen and oxygen atoms in total. The van der Waals surface area contributed by atoms with Crippen LogP contribution in [0.2, 0.25) is 0 Å². The van der Waals surface area contributed by atoms with Crippen molar-refractivity contribution in [3.63, 3.8) is 0 Å². The van der Waals surface area contributed by atoms with Gasteiger partial charge in [-0.1, -0.05) is 29.4 Å². The molecular formula is C23H25N5O2S. The van der Waals surface area contributed by atoms with Crippen LogP contribution in [0.15, 0.2) is 46.3 Å². The van der Waals surface area contributed by atoms with Crippen molar-refractivity contribution in [2.45, 2.75) is 26.4 Å². The Balaban J connectivity index is 1.21. The monoisotopic (exact) mass is 435 g/mol. The predicted molar refractivity (Wildman–Crippen MR) is 121 cm³/mol. The van der Waals surface area contributed by atoms with Crippen molar-refractivity contribution in [3.05, 3.63) is 58.9 Å². The first-order valence-electron chi connectivity index (χ1n) is 10.5. The Labute approximate surface area is 184 Å². The van der Waals surface area contributed by atoms with E-state index in [1.54, 1.807) is 11.3 Å². The van der Waals surface area contributed by atoms with Gasteiger partial charge in [0.25, 0.3) is 0 Å². The first-order chi connectivity index (χ1) is 15.1. The molecule has 3 aromatic heterocycles. The first kappa shape index (κ1) is 20.1. The average Bonchev–Trinajstić information content (AvgIpc) is 3.52. The van der Waals surface area contributed by atoms with Gasteiger partial charge in [0.05, 0.1) is 17.5 Å². The van der Waals surface area contributed by atoms with Crippen LogP contribution in [0.1, 0.15) is 28.9 Å². The van der Waals surface area contributed by atoms with E-state index in [0.29, 0.717) is 18.3 Å². The van der Waals surface area contributed by atoms with Crippen molar-refractivity contribution >= 4 is 28.0 Å².